The van der Waals surface area contributed by atoms with Gasteiger partial charge in [-0.3, -0.25) is 14.9 Å². The van der Waals surface area contributed by atoms with Crippen LogP contribution in [0.15, 0.2) is 30.5 Å². The van der Waals surface area contributed by atoms with Crippen LogP contribution in [0.4, 0.5) is 11.5 Å². The van der Waals surface area contributed by atoms with Gasteiger partial charge in [-0.05, 0) is 44.7 Å². The molecule has 1 aromatic heterocycles. The second-order valence-electron chi connectivity index (χ2n) is 5.95. The number of nitrogens with one attached hydrogen (secondary N) is 1. The second-order valence-corrected chi connectivity index (χ2v) is 5.95. The fourth-order valence-electron chi connectivity index (χ4n) is 2.71. The number of carbonyl (C=O) groups is 1. The maximum absolute atomic E-state index is 12.4. The maximum atomic E-state index is 12.4. The normalized spacial score (nSPS) is 15.2. The van der Waals surface area contributed by atoms with Gasteiger partial charge in [0.15, 0.2) is 0 Å². The highest BCUT2D eigenvalue weighted by atomic mass is 16.6. The summed E-state index contributed by atoms with van der Waals surface area (Å²) in [5, 5.41) is 18.0. The van der Waals surface area contributed by atoms with Crippen LogP contribution in [0.3, 0.4) is 0 Å². The van der Waals surface area contributed by atoms with E-state index in [9.17, 15) is 14.9 Å². The van der Waals surface area contributed by atoms with Crippen LogP contribution >= 0.6 is 0 Å². The number of nitro benzene ring substituents is 1. The molecule has 1 aliphatic rings. The first kappa shape index (κ1) is 15.2. The van der Waals surface area contributed by atoms with Crippen molar-refractivity contribution in [1.82, 2.24) is 9.78 Å². The molecule has 0 radical (unpaired) electrons. The maximum Gasteiger partial charge on any atom is 0.272 e. The molecule has 1 atom stereocenters. The Morgan fingerprint density at radius 1 is 1.43 bits per heavy atom. The zero-order chi connectivity index (χ0) is 16.6. The first-order chi connectivity index (χ1) is 11.0. The lowest BCUT2D eigenvalue weighted by Gasteiger charge is -2.15. The highest BCUT2D eigenvalue weighted by molar-refractivity contribution is 6.04. The smallest absolute Gasteiger partial charge is 0.272 e. The van der Waals surface area contributed by atoms with E-state index < -0.39 is 4.92 Å². The van der Waals surface area contributed by atoms with Gasteiger partial charge in [-0.2, -0.15) is 5.10 Å². The number of amides is 1. The molecule has 3 rings (SSSR count). The van der Waals surface area contributed by atoms with E-state index in [1.165, 1.54) is 31.0 Å². The number of carbonyl (C=O) groups excluding carboxylic acids is 1. The van der Waals surface area contributed by atoms with Crippen molar-refractivity contribution < 1.29 is 9.72 Å². The van der Waals surface area contributed by atoms with Crippen molar-refractivity contribution in [3.8, 4) is 0 Å². The number of hydrogen-bond donors (Lipinski definition) is 1. The number of aryl methyl sites for hydroxylation is 1. The van der Waals surface area contributed by atoms with E-state index >= 15 is 0 Å². The Kier molecular flexibility index (Phi) is 3.85. The van der Waals surface area contributed by atoms with Gasteiger partial charge in [0.2, 0.25) is 0 Å². The number of rotatable bonds is 5. The van der Waals surface area contributed by atoms with Crippen molar-refractivity contribution in [2.45, 2.75) is 32.7 Å². The summed E-state index contributed by atoms with van der Waals surface area (Å²) in [6.07, 6.45) is 4.04. The van der Waals surface area contributed by atoms with Crippen LogP contribution in [0.5, 0.6) is 0 Å². The summed E-state index contributed by atoms with van der Waals surface area (Å²) in [6.45, 7) is 3.71. The van der Waals surface area contributed by atoms with E-state index in [0.29, 0.717) is 22.9 Å². The third-order valence-corrected chi connectivity index (χ3v) is 4.26. The molecule has 1 heterocycles. The van der Waals surface area contributed by atoms with Gasteiger partial charge < -0.3 is 5.32 Å². The van der Waals surface area contributed by atoms with Crippen LogP contribution in [-0.2, 0) is 0 Å². The molecule has 1 N–H and O–H groups in total. The van der Waals surface area contributed by atoms with E-state index in [0.717, 1.165) is 0 Å². The van der Waals surface area contributed by atoms with Crippen molar-refractivity contribution in [3.05, 3.63) is 51.7 Å². The summed E-state index contributed by atoms with van der Waals surface area (Å²) in [4.78, 5) is 22.8. The molecule has 0 saturated heterocycles. The van der Waals surface area contributed by atoms with Gasteiger partial charge in [-0.25, -0.2) is 4.68 Å². The Morgan fingerprint density at radius 3 is 2.78 bits per heavy atom. The molecule has 0 aliphatic heterocycles. The zero-order valence-electron chi connectivity index (χ0n) is 13.0. The summed E-state index contributed by atoms with van der Waals surface area (Å²) in [5.74, 6) is 0.963. The molecule has 7 nitrogen and oxygen atoms in total. The topological polar surface area (TPSA) is 90.1 Å². The average molecular weight is 314 g/mol. The molecular weight excluding hydrogens is 296 g/mol. The van der Waals surface area contributed by atoms with Crippen LogP contribution in [0.1, 0.15) is 41.7 Å². The first-order valence-electron chi connectivity index (χ1n) is 7.57. The van der Waals surface area contributed by atoms with Crippen LogP contribution < -0.4 is 5.32 Å². The minimum atomic E-state index is -0.455. The van der Waals surface area contributed by atoms with E-state index in [1.807, 2.05) is 4.68 Å². The minimum Gasteiger partial charge on any atom is -0.307 e. The van der Waals surface area contributed by atoms with E-state index in [4.69, 9.17) is 0 Å². The predicted octanol–water partition coefficient (Wildman–Crippen LogP) is 3.32. The van der Waals surface area contributed by atoms with Crippen LogP contribution in [0.2, 0.25) is 0 Å². The Labute approximate surface area is 133 Å². The minimum absolute atomic E-state index is 0.00828. The molecule has 2 aromatic rings. The number of anilines is 1. The number of benzene rings is 1. The Morgan fingerprint density at radius 2 is 2.17 bits per heavy atom. The molecule has 1 aromatic carbocycles. The molecule has 23 heavy (non-hydrogen) atoms. The van der Waals surface area contributed by atoms with E-state index in [1.54, 1.807) is 19.2 Å². The first-order valence-corrected chi connectivity index (χ1v) is 7.57. The summed E-state index contributed by atoms with van der Waals surface area (Å²) in [6, 6.07) is 6.35. The van der Waals surface area contributed by atoms with Gasteiger partial charge in [0.25, 0.3) is 11.6 Å². The number of hydrogen-bond acceptors (Lipinski definition) is 4. The molecule has 1 amide bonds. The van der Waals surface area contributed by atoms with Gasteiger partial charge in [-0.1, -0.05) is 0 Å². The van der Waals surface area contributed by atoms with E-state index in [-0.39, 0.29) is 17.6 Å². The highest BCUT2D eigenvalue weighted by Crippen LogP contribution is 2.40. The van der Waals surface area contributed by atoms with Crippen molar-refractivity contribution >= 4 is 17.4 Å². The third kappa shape index (κ3) is 3.08. The summed E-state index contributed by atoms with van der Waals surface area (Å²) in [5.41, 5.74) is 0.858. The van der Waals surface area contributed by atoms with Crippen molar-refractivity contribution in [2.75, 3.05) is 5.32 Å². The van der Waals surface area contributed by atoms with Crippen LogP contribution in [0.25, 0.3) is 0 Å². The molecule has 120 valence electrons. The predicted molar refractivity (Wildman–Crippen MR) is 85.4 cm³/mol. The van der Waals surface area contributed by atoms with Gasteiger partial charge >= 0.3 is 0 Å². The largest absolute Gasteiger partial charge is 0.307 e. The molecule has 7 heteroatoms. The fourth-order valence-corrected chi connectivity index (χ4v) is 2.71. The lowest BCUT2D eigenvalue weighted by atomic mass is 10.1. The van der Waals surface area contributed by atoms with Crippen LogP contribution in [-0.4, -0.2) is 20.6 Å². The lowest BCUT2D eigenvalue weighted by Crippen LogP contribution is -2.18. The lowest BCUT2D eigenvalue weighted by molar-refractivity contribution is -0.385. The number of aromatic nitrogens is 2. The van der Waals surface area contributed by atoms with Crippen LogP contribution in [0, 0.1) is 23.0 Å². The van der Waals surface area contributed by atoms with Crippen molar-refractivity contribution in [1.29, 1.82) is 0 Å². The second kappa shape index (κ2) is 5.83. The molecule has 1 fully saturated rings. The monoisotopic (exact) mass is 314 g/mol. The molecule has 0 spiro atoms. The molecule has 1 saturated carbocycles. The summed E-state index contributed by atoms with van der Waals surface area (Å²) >= 11 is 0. The van der Waals surface area contributed by atoms with E-state index in [2.05, 4.69) is 17.3 Å². The quantitative estimate of drug-likeness (QED) is 0.677. The molecule has 1 aliphatic carbocycles. The average Bonchev–Trinajstić information content (AvgIpc) is 3.26. The number of nitro groups is 1. The SMILES string of the molecule is Cc1cc(C(=O)Nc2ccnn2[C@H](C)C2CC2)ccc1[N+](=O)[O-]. The highest BCUT2D eigenvalue weighted by Gasteiger charge is 2.30. The third-order valence-electron chi connectivity index (χ3n) is 4.26. The summed E-state index contributed by atoms with van der Waals surface area (Å²) in [7, 11) is 0. The molecule has 0 bridgehead atoms. The standard InChI is InChI=1S/C16H18N4O3/c1-10-9-13(5-6-14(10)20(22)23)16(21)18-15-7-8-17-19(15)11(2)12-3-4-12/h5-9,11-12H,3-4H2,1-2H3,(H,18,21)/t11-/m1/s1. The summed E-state index contributed by atoms with van der Waals surface area (Å²) < 4.78 is 1.83. The van der Waals surface area contributed by atoms with Gasteiger partial charge in [0.05, 0.1) is 17.2 Å². The van der Waals surface area contributed by atoms with Crippen molar-refractivity contribution in [3.63, 3.8) is 0 Å². The van der Waals surface area contributed by atoms with Gasteiger partial charge in [0.1, 0.15) is 5.82 Å². The molecule has 0 unspecified atom stereocenters. The Balaban J connectivity index is 1.78. The number of nitrogens with zero attached hydrogens (tertiary/aromatic N) is 3. The van der Waals surface area contributed by atoms with Gasteiger partial charge in [-0.15, -0.1) is 0 Å². The zero-order valence-corrected chi connectivity index (χ0v) is 13.0. The fraction of sp³-hybridized carbons (Fsp3) is 0.375. The Bertz CT molecular complexity index is 764. The molecular formula is C16H18N4O3. The van der Waals surface area contributed by atoms with Gasteiger partial charge in [0, 0.05) is 23.3 Å². The Hall–Kier alpha value is -2.70. The van der Waals surface area contributed by atoms with Crippen molar-refractivity contribution in [2.24, 2.45) is 5.92 Å².